The minimum atomic E-state index is -0.458. The van der Waals surface area contributed by atoms with Gasteiger partial charge < -0.3 is 4.90 Å². The van der Waals surface area contributed by atoms with Gasteiger partial charge in [0.2, 0.25) is 5.91 Å². The zero-order valence-electron chi connectivity index (χ0n) is 18.9. The molecule has 0 spiro atoms. The molecule has 1 aliphatic rings. The van der Waals surface area contributed by atoms with Crippen LogP contribution in [0.5, 0.6) is 0 Å². The molecule has 1 atom stereocenters. The quantitative estimate of drug-likeness (QED) is 0.615. The fourth-order valence-corrected chi connectivity index (χ4v) is 4.34. The van der Waals surface area contributed by atoms with Gasteiger partial charge in [0, 0.05) is 12.2 Å². The number of amides is 2. The van der Waals surface area contributed by atoms with Gasteiger partial charge in [0.1, 0.15) is 6.04 Å². The smallest absolute Gasteiger partial charge is 0.258 e. The largest absolute Gasteiger partial charge is 0.311 e. The highest BCUT2D eigenvalue weighted by molar-refractivity contribution is 8.14. The molecule has 0 bridgehead atoms. The first-order valence-electron chi connectivity index (χ1n) is 10.7. The Labute approximate surface area is 193 Å². The Hall–Kier alpha value is -3.11. The van der Waals surface area contributed by atoms with E-state index in [1.165, 1.54) is 11.8 Å². The van der Waals surface area contributed by atoms with Crippen LogP contribution in [0, 0.1) is 31.1 Å². The van der Waals surface area contributed by atoms with Gasteiger partial charge in [0.05, 0.1) is 23.9 Å². The Bertz CT molecular complexity index is 1040. The van der Waals surface area contributed by atoms with Gasteiger partial charge >= 0.3 is 0 Å². The van der Waals surface area contributed by atoms with E-state index in [0.29, 0.717) is 11.7 Å². The van der Waals surface area contributed by atoms with E-state index in [-0.39, 0.29) is 29.9 Å². The molecule has 6 nitrogen and oxygen atoms in total. The highest BCUT2D eigenvalue weighted by Gasteiger charge is 2.38. The molecule has 0 radical (unpaired) electrons. The van der Waals surface area contributed by atoms with Gasteiger partial charge in [0.25, 0.3) is 5.91 Å². The van der Waals surface area contributed by atoms with Crippen molar-refractivity contribution in [1.82, 2.24) is 0 Å². The summed E-state index contributed by atoms with van der Waals surface area (Å²) < 4.78 is 0. The minimum absolute atomic E-state index is 0.0592. The maximum absolute atomic E-state index is 13.1. The highest BCUT2D eigenvalue weighted by atomic mass is 32.2. The number of rotatable bonds is 7. The number of thioether (sulfide) groups is 1. The van der Waals surface area contributed by atoms with Crippen LogP contribution < -0.4 is 9.80 Å². The molecule has 32 heavy (non-hydrogen) atoms. The molecule has 0 N–H and O–H groups in total. The Morgan fingerprint density at radius 3 is 2.28 bits per heavy atom. The van der Waals surface area contributed by atoms with E-state index in [0.717, 1.165) is 22.5 Å². The first-order valence-corrected chi connectivity index (χ1v) is 11.7. The van der Waals surface area contributed by atoms with E-state index in [4.69, 9.17) is 5.26 Å². The summed E-state index contributed by atoms with van der Waals surface area (Å²) in [6.07, 6.45) is 0.245. The van der Waals surface area contributed by atoms with Gasteiger partial charge in [0.15, 0.2) is 5.17 Å². The number of hydrogen-bond donors (Lipinski definition) is 0. The molecule has 2 aromatic rings. The van der Waals surface area contributed by atoms with Crippen molar-refractivity contribution in [2.45, 2.75) is 40.2 Å². The van der Waals surface area contributed by atoms with Crippen LogP contribution in [0.25, 0.3) is 0 Å². The van der Waals surface area contributed by atoms with Crippen molar-refractivity contribution in [3.05, 3.63) is 59.7 Å². The lowest BCUT2D eigenvalue weighted by atomic mass is 10.0. The van der Waals surface area contributed by atoms with E-state index in [1.807, 2.05) is 76.2 Å². The molecular formula is C25H28N4O2S. The first-order chi connectivity index (χ1) is 15.3. The minimum Gasteiger partial charge on any atom is -0.311 e. The molecule has 3 rings (SSSR count). The number of nitriles is 1. The molecule has 0 fully saturated rings. The molecule has 7 heteroatoms. The van der Waals surface area contributed by atoms with Crippen LogP contribution in [0.3, 0.4) is 0 Å². The summed E-state index contributed by atoms with van der Waals surface area (Å²) in [5.74, 6) is -0.0118. The van der Waals surface area contributed by atoms with E-state index >= 15 is 0 Å². The van der Waals surface area contributed by atoms with Crippen LogP contribution in [0.4, 0.5) is 11.4 Å². The second-order valence-corrected chi connectivity index (χ2v) is 9.13. The Balaban J connectivity index is 1.80. The monoisotopic (exact) mass is 448 g/mol. The predicted octanol–water partition coefficient (Wildman–Crippen LogP) is 4.71. The van der Waals surface area contributed by atoms with Gasteiger partial charge in [-0.05, 0) is 44.0 Å². The summed E-state index contributed by atoms with van der Waals surface area (Å²) in [5, 5.41) is 9.56. The van der Waals surface area contributed by atoms with E-state index in [1.54, 1.807) is 9.80 Å². The summed E-state index contributed by atoms with van der Waals surface area (Å²) in [4.78, 5) is 34.1. The van der Waals surface area contributed by atoms with Crippen molar-refractivity contribution in [2.24, 2.45) is 10.9 Å². The summed E-state index contributed by atoms with van der Waals surface area (Å²) in [6.45, 7) is 8.25. The second kappa shape index (κ2) is 10.5. The molecule has 1 heterocycles. The lowest BCUT2D eigenvalue weighted by molar-refractivity contribution is -0.119. The molecule has 0 saturated heterocycles. The zero-order chi connectivity index (χ0) is 23.3. The van der Waals surface area contributed by atoms with Crippen molar-refractivity contribution in [1.29, 1.82) is 5.26 Å². The van der Waals surface area contributed by atoms with Crippen molar-refractivity contribution in [2.75, 3.05) is 22.1 Å². The van der Waals surface area contributed by atoms with Crippen LogP contribution >= 0.6 is 11.8 Å². The molecule has 2 amide bonds. The number of aryl methyl sites for hydroxylation is 2. The maximum Gasteiger partial charge on any atom is 0.258 e. The Kier molecular flexibility index (Phi) is 7.70. The summed E-state index contributed by atoms with van der Waals surface area (Å²) >= 11 is 1.26. The average Bonchev–Trinajstić information content (AvgIpc) is 3.10. The van der Waals surface area contributed by atoms with Crippen LogP contribution in [-0.2, 0) is 9.59 Å². The van der Waals surface area contributed by atoms with Gasteiger partial charge in [-0.1, -0.05) is 61.0 Å². The van der Waals surface area contributed by atoms with Gasteiger partial charge in [-0.3, -0.25) is 14.5 Å². The van der Waals surface area contributed by atoms with Gasteiger partial charge in [-0.15, -0.1) is 0 Å². The molecule has 166 valence electrons. The standard InChI is InChI=1S/C25H28N4O2S/c1-17(2)23-24(31)29(21-12-8-19(4)9-13-21)25(27-23)32-16-22(30)28(15-5-14-26)20-10-6-18(3)7-11-20/h6-13,17,23H,5,15-16H2,1-4H3. The SMILES string of the molecule is Cc1ccc(N(CCC#N)C(=O)CSC2=NC(C(C)C)C(=O)N2c2ccc(C)cc2)cc1. The number of hydrogen-bond acceptors (Lipinski definition) is 5. The number of nitrogens with zero attached hydrogens (tertiary/aromatic N) is 4. The molecule has 0 aromatic heterocycles. The predicted molar refractivity (Wildman–Crippen MR) is 131 cm³/mol. The fraction of sp³-hybridized carbons (Fsp3) is 0.360. The number of aliphatic imine (C=N–C) groups is 1. The fourth-order valence-electron chi connectivity index (χ4n) is 3.41. The van der Waals surface area contributed by atoms with Gasteiger partial charge in [-0.2, -0.15) is 5.26 Å². The van der Waals surface area contributed by atoms with Crippen LogP contribution in [0.1, 0.15) is 31.4 Å². The normalized spacial score (nSPS) is 15.6. The van der Waals surface area contributed by atoms with E-state index in [9.17, 15) is 9.59 Å². The lowest BCUT2D eigenvalue weighted by Crippen LogP contribution is -2.37. The van der Waals surface area contributed by atoms with Crippen LogP contribution in [0.15, 0.2) is 53.5 Å². The van der Waals surface area contributed by atoms with Gasteiger partial charge in [-0.25, -0.2) is 4.99 Å². The van der Waals surface area contributed by atoms with Crippen LogP contribution in [-0.4, -0.2) is 35.3 Å². The topological polar surface area (TPSA) is 76.8 Å². The number of carbonyl (C=O) groups is 2. The second-order valence-electron chi connectivity index (χ2n) is 8.19. The maximum atomic E-state index is 13.1. The third-order valence-electron chi connectivity index (χ3n) is 5.26. The molecule has 1 unspecified atom stereocenters. The molecule has 1 aliphatic heterocycles. The molecule has 0 saturated carbocycles. The third kappa shape index (κ3) is 5.38. The Morgan fingerprint density at radius 2 is 1.72 bits per heavy atom. The van der Waals surface area contributed by atoms with Crippen molar-refractivity contribution >= 4 is 40.1 Å². The lowest BCUT2D eigenvalue weighted by Gasteiger charge is -2.23. The number of amidine groups is 1. The summed E-state index contributed by atoms with van der Waals surface area (Å²) in [5.41, 5.74) is 3.72. The van der Waals surface area contributed by atoms with E-state index < -0.39 is 6.04 Å². The van der Waals surface area contributed by atoms with E-state index in [2.05, 4.69) is 11.1 Å². The third-order valence-corrected chi connectivity index (χ3v) is 6.19. The van der Waals surface area contributed by atoms with Crippen LogP contribution in [0.2, 0.25) is 0 Å². The summed E-state index contributed by atoms with van der Waals surface area (Å²) in [7, 11) is 0. The number of carbonyl (C=O) groups excluding carboxylic acids is 2. The molecule has 0 aliphatic carbocycles. The highest BCUT2D eigenvalue weighted by Crippen LogP contribution is 2.30. The number of anilines is 2. The first kappa shape index (κ1) is 23.6. The average molecular weight is 449 g/mol. The van der Waals surface area contributed by atoms with Crippen molar-refractivity contribution < 1.29 is 9.59 Å². The van der Waals surface area contributed by atoms with Crippen molar-refractivity contribution in [3.63, 3.8) is 0 Å². The van der Waals surface area contributed by atoms with Crippen molar-refractivity contribution in [3.8, 4) is 6.07 Å². The zero-order valence-corrected chi connectivity index (χ0v) is 19.7. The number of benzene rings is 2. The summed E-state index contributed by atoms with van der Waals surface area (Å²) in [6, 6.07) is 17.0. The molecule has 2 aromatic carbocycles. The molecular weight excluding hydrogens is 420 g/mol. The Morgan fingerprint density at radius 1 is 1.12 bits per heavy atom.